The van der Waals surface area contributed by atoms with Crippen molar-refractivity contribution in [3.63, 3.8) is 0 Å². The Labute approximate surface area is 66.9 Å². The summed E-state index contributed by atoms with van der Waals surface area (Å²) in [6.45, 7) is 4.19. The number of hydrogen-bond acceptors (Lipinski definition) is 3. The van der Waals surface area contributed by atoms with Crippen molar-refractivity contribution in [3.8, 4) is 0 Å². The number of ether oxygens (including phenoxy) is 1. The first-order valence-electron chi connectivity index (χ1n) is 4.01. The molecule has 0 spiro atoms. The van der Waals surface area contributed by atoms with Gasteiger partial charge in [-0.15, -0.1) is 0 Å². The maximum absolute atomic E-state index is 11.2. The van der Waals surface area contributed by atoms with Crippen LogP contribution in [0, 0.1) is 5.41 Å². The number of nitrogens with two attached hydrogens (primary N) is 1. The van der Waals surface area contributed by atoms with E-state index >= 15 is 0 Å². The maximum Gasteiger partial charge on any atom is 0.311 e. The normalized spacial score (nSPS) is 36.1. The summed E-state index contributed by atoms with van der Waals surface area (Å²) in [4.78, 5) is 11.2. The van der Waals surface area contributed by atoms with Crippen LogP contribution in [-0.4, -0.2) is 18.6 Å². The van der Waals surface area contributed by atoms with E-state index in [4.69, 9.17) is 10.5 Å². The summed E-state index contributed by atoms with van der Waals surface area (Å²) in [5.74, 6) is -0.0956. The highest BCUT2D eigenvalue weighted by atomic mass is 16.5. The molecule has 64 valence electrons. The molecule has 1 saturated carbocycles. The Morgan fingerprint density at radius 1 is 1.73 bits per heavy atom. The molecule has 0 heterocycles. The van der Waals surface area contributed by atoms with Gasteiger partial charge in [-0.3, -0.25) is 4.79 Å². The quantitative estimate of drug-likeness (QED) is 0.599. The van der Waals surface area contributed by atoms with Crippen molar-refractivity contribution in [3.05, 3.63) is 0 Å². The van der Waals surface area contributed by atoms with E-state index < -0.39 is 0 Å². The topological polar surface area (TPSA) is 52.3 Å². The molecule has 1 aliphatic rings. The third kappa shape index (κ3) is 1.53. The van der Waals surface area contributed by atoms with E-state index in [1.54, 1.807) is 0 Å². The van der Waals surface area contributed by atoms with Crippen molar-refractivity contribution in [1.29, 1.82) is 0 Å². The lowest BCUT2D eigenvalue weighted by Crippen LogP contribution is -2.49. The third-order valence-electron chi connectivity index (χ3n) is 2.19. The Morgan fingerprint density at radius 3 is 2.64 bits per heavy atom. The van der Waals surface area contributed by atoms with Crippen molar-refractivity contribution in [2.45, 2.75) is 32.7 Å². The van der Waals surface area contributed by atoms with Crippen molar-refractivity contribution >= 4 is 5.97 Å². The van der Waals surface area contributed by atoms with Crippen molar-refractivity contribution in [2.24, 2.45) is 11.1 Å². The van der Waals surface area contributed by atoms with Gasteiger partial charge in [0, 0.05) is 6.04 Å². The van der Waals surface area contributed by atoms with Crippen molar-refractivity contribution in [2.75, 3.05) is 6.61 Å². The fourth-order valence-corrected chi connectivity index (χ4v) is 1.57. The molecule has 2 N–H and O–H groups in total. The first-order valence-corrected chi connectivity index (χ1v) is 4.01. The largest absolute Gasteiger partial charge is 0.466 e. The number of rotatable bonds is 2. The van der Waals surface area contributed by atoms with Crippen LogP contribution < -0.4 is 5.73 Å². The summed E-state index contributed by atoms with van der Waals surface area (Å²) in [6.07, 6.45) is 1.54. The molecule has 0 saturated heterocycles. The van der Waals surface area contributed by atoms with Gasteiger partial charge in [-0.05, 0) is 26.7 Å². The van der Waals surface area contributed by atoms with Gasteiger partial charge in [0.25, 0.3) is 0 Å². The highest BCUT2D eigenvalue weighted by Gasteiger charge is 2.45. The molecular formula is C8H15NO2. The second-order valence-corrected chi connectivity index (χ2v) is 3.45. The van der Waals surface area contributed by atoms with Crippen molar-refractivity contribution in [1.82, 2.24) is 0 Å². The molecule has 0 aromatic carbocycles. The van der Waals surface area contributed by atoms with Crippen LogP contribution in [0.15, 0.2) is 0 Å². The highest BCUT2D eigenvalue weighted by Crippen LogP contribution is 2.40. The molecule has 1 rings (SSSR count). The summed E-state index contributed by atoms with van der Waals surface area (Å²) in [5, 5.41) is 0. The molecule has 0 unspecified atom stereocenters. The van der Waals surface area contributed by atoms with Gasteiger partial charge < -0.3 is 10.5 Å². The lowest BCUT2D eigenvalue weighted by atomic mass is 9.67. The van der Waals surface area contributed by atoms with E-state index in [1.165, 1.54) is 0 Å². The molecule has 3 nitrogen and oxygen atoms in total. The van der Waals surface area contributed by atoms with Crippen LogP contribution in [0.1, 0.15) is 26.7 Å². The summed E-state index contributed by atoms with van der Waals surface area (Å²) in [7, 11) is 0. The minimum atomic E-state index is -0.282. The molecule has 0 radical (unpaired) electrons. The van der Waals surface area contributed by atoms with Gasteiger partial charge in [-0.25, -0.2) is 0 Å². The summed E-state index contributed by atoms with van der Waals surface area (Å²) in [6, 6.07) is 0.199. The van der Waals surface area contributed by atoms with E-state index in [1.807, 2.05) is 13.8 Å². The van der Waals surface area contributed by atoms with E-state index in [2.05, 4.69) is 0 Å². The van der Waals surface area contributed by atoms with Crippen LogP contribution in [-0.2, 0) is 9.53 Å². The molecule has 0 aromatic heterocycles. The van der Waals surface area contributed by atoms with Gasteiger partial charge >= 0.3 is 5.97 Å². The van der Waals surface area contributed by atoms with Crippen LogP contribution in [0.3, 0.4) is 0 Å². The van der Waals surface area contributed by atoms with E-state index in [0.29, 0.717) is 6.61 Å². The second kappa shape index (κ2) is 2.81. The first-order chi connectivity index (χ1) is 5.08. The molecule has 11 heavy (non-hydrogen) atoms. The number of carbonyl (C=O) groups is 1. The minimum Gasteiger partial charge on any atom is -0.466 e. The van der Waals surface area contributed by atoms with Gasteiger partial charge in [0.05, 0.1) is 12.0 Å². The van der Waals surface area contributed by atoms with Crippen LogP contribution in [0.2, 0.25) is 0 Å². The van der Waals surface area contributed by atoms with Crippen LogP contribution >= 0.6 is 0 Å². The van der Waals surface area contributed by atoms with Gasteiger partial charge in [0.1, 0.15) is 0 Å². The lowest BCUT2D eigenvalue weighted by Gasteiger charge is -2.40. The number of carbonyl (C=O) groups excluding carboxylic acids is 1. The number of hydrogen-bond donors (Lipinski definition) is 1. The van der Waals surface area contributed by atoms with Gasteiger partial charge in [-0.1, -0.05) is 0 Å². The lowest BCUT2D eigenvalue weighted by molar-refractivity contribution is -0.160. The fourth-order valence-electron chi connectivity index (χ4n) is 1.57. The molecule has 0 bridgehead atoms. The Morgan fingerprint density at radius 2 is 2.27 bits per heavy atom. The van der Waals surface area contributed by atoms with Crippen LogP contribution in [0.25, 0.3) is 0 Å². The van der Waals surface area contributed by atoms with Crippen LogP contribution in [0.4, 0.5) is 0 Å². The van der Waals surface area contributed by atoms with Gasteiger partial charge in [0.15, 0.2) is 0 Å². The molecule has 1 aliphatic carbocycles. The smallest absolute Gasteiger partial charge is 0.311 e. The predicted molar refractivity (Wildman–Crippen MR) is 41.9 cm³/mol. The summed E-state index contributed by atoms with van der Waals surface area (Å²) >= 11 is 0. The Kier molecular flexibility index (Phi) is 2.18. The molecule has 1 fully saturated rings. The zero-order valence-corrected chi connectivity index (χ0v) is 7.09. The second-order valence-electron chi connectivity index (χ2n) is 3.45. The predicted octanol–water partition coefficient (Wildman–Crippen LogP) is 0.677. The summed E-state index contributed by atoms with van der Waals surface area (Å²) < 4.78 is 4.90. The molecular weight excluding hydrogens is 142 g/mol. The Balaban J connectivity index is 2.41. The van der Waals surface area contributed by atoms with Gasteiger partial charge in [-0.2, -0.15) is 0 Å². The Bertz CT molecular complexity index is 161. The molecule has 0 atom stereocenters. The van der Waals surface area contributed by atoms with Gasteiger partial charge in [0.2, 0.25) is 0 Å². The zero-order valence-electron chi connectivity index (χ0n) is 7.09. The van der Waals surface area contributed by atoms with E-state index in [9.17, 15) is 4.79 Å². The SMILES string of the molecule is CCOC(=O)C1(C)CC(N)C1. The monoisotopic (exact) mass is 157 g/mol. The average Bonchev–Trinajstić information content (AvgIpc) is 1.85. The molecule has 0 amide bonds. The summed E-state index contributed by atoms with van der Waals surface area (Å²) in [5.41, 5.74) is 5.30. The standard InChI is InChI=1S/C8H15NO2/c1-3-11-7(10)8(2)4-6(9)5-8/h6H,3-5,9H2,1-2H3. The average molecular weight is 157 g/mol. The molecule has 3 heteroatoms. The fraction of sp³-hybridized carbons (Fsp3) is 0.875. The minimum absolute atomic E-state index is 0.0956. The van der Waals surface area contributed by atoms with Crippen LogP contribution in [0.5, 0.6) is 0 Å². The van der Waals surface area contributed by atoms with E-state index in [0.717, 1.165) is 12.8 Å². The zero-order chi connectivity index (χ0) is 8.48. The molecule has 0 aromatic rings. The van der Waals surface area contributed by atoms with Crippen molar-refractivity contribution < 1.29 is 9.53 Å². The number of esters is 1. The highest BCUT2D eigenvalue weighted by molar-refractivity contribution is 5.77. The van der Waals surface area contributed by atoms with E-state index in [-0.39, 0.29) is 17.4 Å². The first kappa shape index (κ1) is 8.53. The Hall–Kier alpha value is -0.570. The third-order valence-corrected chi connectivity index (χ3v) is 2.19. The molecule has 0 aliphatic heterocycles. The maximum atomic E-state index is 11.2.